The van der Waals surface area contributed by atoms with Gasteiger partial charge in [-0.2, -0.15) is 0 Å². The van der Waals surface area contributed by atoms with Crippen LogP contribution >= 0.6 is 0 Å². The van der Waals surface area contributed by atoms with Crippen LogP contribution in [0.2, 0.25) is 0 Å². The number of hydrogen-bond acceptors (Lipinski definition) is 5. The van der Waals surface area contributed by atoms with E-state index in [0.717, 1.165) is 19.6 Å². The maximum atomic E-state index is 11.0. The monoisotopic (exact) mass is 239 g/mol. The molecule has 1 aliphatic heterocycles. The van der Waals surface area contributed by atoms with Gasteiger partial charge in [0.05, 0.1) is 0 Å². The molecule has 0 unspecified atom stereocenters. The van der Waals surface area contributed by atoms with Crippen molar-refractivity contribution in [1.82, 2.24) is 14.9 Å². The van der Waals surface area contributed by atoms with Gasteiger partial charge in [-0.1, -0.05) is 0 Å². The smallest absolute Gasteiger partial charge is 0.358 e. The minimum Gasteiger partial charge on any atom is -0.358 e. The quantitative estimate of drug-likeness (QED) is 0.598. The number of nitrogens with zero attached hydrogens (tertiary/aromatic N) is 4. The van der Waals surface area contributed by atoms with Crippen LogP contribution in [-0.2, 0) is 7.05 Å². The molecule has 0 amide bonds. The number of aromatic nitrogens is 2. The highest BCUT2D eigenvalue weighted by Gasteiger charge is 2.30. The number of nitro groups is 1. The normalized spacial score (nSPS) is 20.6. The molecule has 2 rings (SSSR count). The molecule has 0 aromatic carbocycles. The number of piperazine rings is 1. The molecule has 2 heterocycles. The van der Waals surface area contributed by atoms with Crippen molar-refractivity contribution in [3.8, 4) is 0 Å². The van der Waals surface area contributed by atoms with E-state index in [1.165, 1.54) is 0 Å². The summed E-state index contributed by atoms with van der Waals surface area (Å²) in [6.45, 7) is 6.22. The summed E-state index contributed by atoms with van der Waals surface area (Å²) in [6.07, 6.45) is 0. The van der Waals surface area contributed by atoms with Gasteiger partial charge in [-0.15, -0.1) is 0 Å². The molecule has 94 valence electrons. The van der Waals surface area contributed by atoms with Crippen molar-refractivity contribution >= 4 is 11.6 Å². The first-order valence-electron chi connectivity index (χ1n) is 5.66. The van der Waals surface area contributed by atoms with E-state index in [1.54, 1.807) is 11.5 Å². The van der Waals surface area contributed by atoms with Crippen LogP contribution in [0.5, 0.6) is 0 Å². The molecule has 0 aliphatic carbocycles. The number of nitrogens with one attached hydrogen (secondary N) is 1. The van der Waals surface area contributed by atoms with Crippen molar-refractivity contribution in [2.24, 2.45) is 7.05 Å². The van der Waals surface area contributed by atoms with Gasteiger partial charge in [-0.3, -0.25) is 4.57 Å². The fourth-order valence-electron chi connectivity index (χ4n) is 2.18. The van der Waals surface area contributed by atoms with Crippen LogP contribution < -0.4 is 10.2 Å². The third kappa shape index (κ3) is 2.10. The highest BCUT2D eigenvalue weighted by atomic mass is 16.6. The first-order valence-corrected chi connectivity index (χ1v) is 5.66. The Hall–Kier alpha value is -1.63. The summed E-state index contributed by atoms with van der Waals surface area (Å²) >= 11 is 0. The first kappa shape index (κ1) is 11.8. The molecule has 1 aromatic rings. The van der Waals surface area contributed by atoms with Gasteiger partial charge in [-0.05, 0) is 16.8 Å². The molecule has 7 nitrogen and oxygen atoms in total. The summed E-state index contributed by atoms with van der Waals surface area (Å²) in [7, 11) is 1.82. The fraction of sp³-hybridized carbons (Fsp3) is 0.700. The van der Waals surface area contributed by atoms with Gasteiger partial charge in [-0.25, -0.2) is 0 Å². The molecule has 1 N–H and O–H groups in total. The number of hydrogen-bond donors (Lipinski definition) is 1. The fourth-order valence-corrected chi connectivity index (χ4v) is 2.18. The van der Waals surface area contributed by atoms with Crippen molar-refractivity contribution in [3.63, 3.8) is 0 Å². The van der Waals surface area contributed by atoms with Gasteiger partial charge in [0.2, 0.25) is 11.6 Å². The van der Waals surface area contributed by atoms with E-state index in [-0.39, 0.29) is 5.82 Å². The molecule has 1 aliphatic rings. The lowest BCUT2D eigenvalue weighted by molar-refractivity contribution is -0.388. The van der Waals surface area contributed by atoms with Crippen molar-refractivity contribution < 1.29 is 4.92 Å². The summed E-state index contributed by atoms with van der Waals surface area (Å²) in [5.74, 6) is 1.23. The molecular formula is C10H17N5O2. The highest BCUT2D eigenvalue weighted by Crippen LogP contribution is 2.28. The van der Waals surface area contributed by atoms with E-state index in [2.05, 4.69) is 17.2 Å². The molecule has 7 heteroatoms. The largest absolute Gasteiger partial charge is 0.406 e. The molecule has 0 saturated carbocycles. The van der Waals surface area contributed by atoms with Crippen molar-refractivity contribution in [1.29, 1.82) is 0 Å². The van der Waals surface area contributed by atoms with Crippen LogP contribution in [0.3, 0.4) is 0 Å². The molecular weight excluding hydrogens is 222 g/mol. The topological polar surface area (TPSA) is 76.2 Å². The van der Waals surface area contributed by atoms with Crippen molar-refractivity contribution in [3.05, 3.63) is 15.9 Å². The predicted octanol–water partition coefficient (Wildman–Crippen LogP) is 0.435. The van der Waals surface area contributed by atoms with Crippen molar-refractivity contribution in [2.45, 2.75) is 19.9 Å². The SMILES string of the molecule is Cc1nc([N+](=O)[O-])c(N2CCN[C@H](C)C2)n1C. The Kier molecular flexibility index (Phi) is 3.01. The van der Waals surface area contributed by atoms with Crippen LogP contribution in [0.4, 0.5) is 11.6 Å². The van der Waals surface area contributed by atoms with Gasteiger partial charge in [0, 0.05) is 39.6 Å². The average Bonchev–Trinajstić information content (AvgIpc) is 2.56. The van der Waals surface area contributed by atoms with E-state index in [9.17, 15) is 10.1 Å². The maximum Gasteiger partial charge on any atom is 0.406 e. The maximum absolute atomic E-state index is 11.0. The van der Waals surface area contributed by atoms with Crippen LogP contribution in [0.15, 0.2) is 0 Å². The number of imidazole rings is 1. The Labute approximate surface area is 99.6 Å². The van der Waals surface area contributed by atoms with Crippen LogP contribution in [0, 0.1) is 17.0 Å². The van der Waals surface area contributed by atoms with Crippen LogP contribution in [0.1, 0.15) is 12.7 Å². The summed E-state index contributed by atoms with van der Waals surface area (Å²) < 4.78 is 1.79. The zero-order valence-corrected chi connectivity index (χ0v) is 10.3. The van der Waals surface area contributed by atoms with Crippen LogP contribution in [-0.4, -0.2) is 40.2 Å². The summed E-state index contributed by atoms with van der Waals surface area (Å²) in [5, 5.41) is 14.3. The number of aryl methyl sites for hydroxylation is 1. The number of anilines is 1. The lowest BCUT2D eigenvalue weighted by Crippen LogP contribution is -2.50. The molecule has 0 radical (unpaired) electrons. The van der Waals surface area contributed by atoms with Gasteiger partial charge in [0.25, 0.3) is 0 Å². The Balaban J connectivity index is 2.39. The average molecular weight is 239 g/mol. The van der Waals surface area contributed by atoms with Gasteiger partial charge in [0.1, 0.15) is 0 Å². The van der Waals surface area contributed by atoms with Crippen LogP contribution in [0.25, 0.3) is 0 Å². The Morgan fingerprint density at radius 3 is 2.88 bits per heavy atom. The van der Waals surface area contributed by atoms with Gasteiger partial charge in [0.15, 0.2) is 0 Å². The van der Waals surface area contributed by atoms with Gasteiger partial charge < -0.3 is 20.3 Å². The van der Waals surface area contributed by atoms with E-state index in [4.69, 9.17) is 0 Å². The highest BCUT2D eigenvalue weighted by molar-refractivity contribution is 5.56. The molecule has 1 atom stereocenters. The standard InChI is InChI=1S/C10H17N5O2/c1-7-6-14(5-4-11-7)10-9(15(16)17)12-8(2)13(10)3/h7,11H,4-6H2,1-3H3/t7-/m1/s1. The third-order valence-corrected chi connectivity index (χ3v) is 3.11. The van der Waals surface area contributed by atoms with Crippen molar-refractivity contribution in [2.75, 3.05) is 24.5 Å². The Bertz CT molecular complexity index is 442. The minimum absolute atomic E-state index is 0.0425. The third-order valence-electron chi connectivity index (χ3n) is 3.11. The zero-order chi connectivity index (χ0) is 12.6. The molecule has 0 bridgehead atoms. The Morgan fingerprint density at radius 2 is 2.29 bits per heavy atom. The molecule has 1 saturated heterocycles. The summed E-state index contributed by atoms with van der Waals surface area (Å²) in [4.78, 5) is 16.6. The second-order valence-corrected chi connectivity index (χ2v) is 4.42. The van der Waals surface area contributed by atoms with Gasteiger partial charge >= 0.3 is 5.82 Å². The molecule has 1 fully saturated rings. The van der Waals surface area contributed by atoms with E-state index < -0.39 is 4.92 Å². The minimum atomic E-state index is -0.408. The first-order chi connectivity index (χ1) is 8.00. The lowest BCUT2D eigenvalue weighted by Gasteiger charge is -2.32. The molecule has 17 heavy (non-hydrogen) atoms. The summed E-state index contributed by atoms with van der Waals surface area (Å²) in [5.41, 5.74) is 0. The predicted molar refractivity (Wildman–Crippen MR) is 64.3 cm³/mol. The lowest BCUT2D eigenvalue weighted by atomic mass is 10.2. The van der Waals surface area contributed by atoms with E-state index in [1.807, 2.05) is 11.9 Å². The second kappa shape index (κ2) is 4.33. The molecule has 0 spiro atoms. The van der Waals surface area contributed by atoms with E-state index in [0.29, 0.717) is 17.7 Å². The second-order valence-electron chi connectivity index (χ2n) is 4.42. The number of rotatable bonds is 2. The molecule has 1 aromatic heterocycles. The Morgan fingerprint density at radius 1 is 1.59 bits per heavy atom. The summed E-state index contributed by atoms with van der Waals surface area (Å²) in [6, 6.07) is 0.332. The zero-order valence-electron chi connectivity index (χ0n) is 10.3. The van der Waals surface area contributed by atoms with E-state index >= 15 is 0 Å².